The van der Waals surface area contributed by atoms with Gasteiger partial charge >= 0.3 is 0 Å². The molecule has 0 aliphatic rings. The van der Waals surface area contributed by atoms with E-state index in [9.17, 15) is 4.39 Å². The highest BCUT2D eigenvalue weighted by molar-refractivity contribution is 5.42. The van der Waals surface area contributed by atoms with E-state index in [-0.39, 0.29) is 11.9 Å². The first-order valence-electron chi connectivity index (χ1n) is 6.41. The first-order chi connectivity index (χ1) is 9.25. The number of benzene rings is 2. The van der Waals surface area contributed by atoms with Crippen molar-refractivity contribution < 1.29 is 9.13 Å². The second-order valence-corrected chi connectivity index (χ2v) is 4.36. The maximum absolute atomic E-state index is 12.7. The van der Waals surface area contributed by atoms with Crippen molar-refractivity contribution in [2.75, 3.05) is 18.5 Å². The van der Waals surface area contributed by atoms with E-state index in [4.69, 9.17) is 4.74 Å². The molecule has 2 aromatic carbocycles. The van der Waals surface area contributed by atoms with Crippen LogP contribution in [0.2, 0.25) is 0 Å². The Balaban J connectivity index is 1.71. The minimum absolute atomic E-state index is 0.0798. The monoisotopic (exact) mass is 259 g/mol. The molecule has 0 saturated heterocycles. The lowest BCUT2D eigenvalue weighted by molar-refractivity contribution is 0.0736. The molecule has 1 unspecified atom stereocenters. The third-order valence-corrected chi connectivity index (χ3v) is 2.91. The Labute approximate surface area is 113 Å². The lowest BCUT2D eigenvalue weighted by atomic mass is 10.1. The average Bonchev–Trinajstić information content (AvgIpc) is 2.46. The molecule has 0 aliphatic carbocycles. The van der Waals surface area contributed by atoms with Crippen molar-refractivity contribution in [3.63, 3.8) is 0 Å². The molecule has 0 radical (unpaired) electrons. The quantitative estimate of drug-likeness (QED) is 0.791. The van der Waals surface area contributed by atoms with E-state index in [1.807, 2.05) is 25.1 Å². The summed E-state index contributed by atoms with van der Waals surface area (Å²) in [5.74, 6) is -0.223. The smallest absolute Gasteiger partial charge is 0.123 e. The molecule has 1 N–H and O–H groups in total. The Morgan fingerprint density at radius 1 is 1.05 bits per heavy atom. The standard InChI is InChI=1S/C16H18FNO/c1-13(14-5-3-2-4-6-14)19-12-11-18-16-9-7-15(17)8-10-16/h2-10,13,18H,11-12H2,1H3. The van der Waals surface area contributed by atoms with Crippen LogP contribution in [-0.2, 0) is 4.74 Å². The van der Waals surface area contributed by atoms with Crippen molar-refractivity contribution in [2.24, 2.45) is 0 Å². The Morgan fingerprint density at radius 2 is 1.74 bits per heavy atom. The van der Waals surface area contributed by atoms with Crippen LogP contribution in [0.25, 0.3) is 0 Å². The van der Waals surface area contributed by atoms with E-state index in [0.29, 0.717) is 13.2 Å². The highest BCUT2D eigenvalue weighted by Gasteiger charge is 2.03. The number of hydrogen-bond acceptors (Lipinski definition) is 2. The fourth-order valence-electron chi connectivity index (χ4n) is 1.82. The minimum Gasteiger partial charge on any atom is -0.383 e. The van der Waals surface area contributed by atoms with Crippen molar-refractivity contribution >= 4 is 5.69 Å². The molecule has 3 heteroatoms. The minimum atomic E-state index is -0.223. The van der Waals surface area contributed by atoms with Gasteiger partial charge in [0, 0.05) is 12.2 Å². The Morgan fingerprint density at radius 3 is 2.42 bits per heavy atom. The van der Waals surface area contributed by atoms with Gasteiger partial charge in [0.1, 0.15) is 5.82 Å². The van der Waals surface area contributed by atoms with Gasteiger partial charge in [0.25, 0.3) is 0 Å². The van der Waals surface area contributed by atoms with E-state index >= 15 is 0 Å². The van der Waals surface area contributed by atoms with Gasteiger partial charge in [0.15, 0.2) is 0 Å². The van der Waals surface area contributed by atoms with Crippen molar-refractivity contribution in [1.82, 2.24) is 0 Å². The summed E-state index contributed by atoms with van der Waals surface area (Å²) in [6, 6.07) is 16.4. The summed E-state index contributed by atoms with van der Waals surface area (Å²) >= 11 is 0. The summed E-state index contributed by atoms with van der Waals surface area (Å²) in [5.41, 5.74) is 2.07. The van der Waals surface area contributed by atoms with Crippen molar-refractivity contribution in [3.8, 4) is 0 Å². The molecule has 1 atom stereocenters. The normalized spacial score (nSPS) is 12.1. The number of ether oxygens (including phenoxy) is 1. The van der Waals surface area contributed by atoms with Gasteiger partial charge < -0.3 is 10.1 Å². The Kier molecular flexibility index (Phi) is 4.93. The van der Waals surface area contributed by atoms with E-state index < -0.39 is 0 Å². The Hall–Kier alpha value is -1.87. The molecule has 2 aromatic rings. The van der Waals surface area contributed by atoms with Gasteiger partial charge in [0.05, 0.1) is 12.7 Å². The summed E-state index contributed by atoms with van der Waals surface area (Å²) in [6.07, 6.45) is 0.0798. The summed E-state index contributed by atoms with van der Waals surface area (Å²) in [5, 5.41) is 3.19. The third kappa shape index (κ3) is 4.38. The molecule has 2 rings (SSSR count). The van der Waals surface area contributed by atoms with Crippen LogP contribution in [0.4, 0.5) is 10.1 Å². The van der Waals surface area contributed by atoms with Crippen LogP contribution < -0.4 is 5.32 Å². The molecule has 2 nitrogen and oxygen atoms in total. The van der Waals surface area contributed by atoms with Gasteiger partial charge in [-0.25, -0.2) is 4.39 Å². The molecule has 0 aromatic heterocycles. The van der Waals surface area contributed by atoms with E-state index in [0.717, 1.165) is 5.69 Å². The largest absolute Gasteiger partial charge is 0.383 e. The fourth-order valence-corrected chi connectivity index (χ4v) is 1.82. The molecule has 0 amide bonds. The van der Waals surface area contributed by atoms with Gasteiger partial charge in [-0.2, -0.15) is 0 Å². The molecule has 19 heavy (non-hydrogen) atoms. The van der Waals surface area contributed by atoms with Crippen molar-refractivity contribution in [3.05, 3.63) is 66.0 Å². The zero-order valence-corrected chi connectivity index (χ0v) is 11.0. The van der Waals surface area contributed by atoms with E-state index in [1.165, 1.54) is 17.7 Å². The predicted molar refractivity (Wildman–Crippen MR) is 75.7 cm³/mol. The molecular formula is C16H18FNO. The predicted octanol–water partition coefficient (Wildman–Crippen LogP) is 4.02. The van der Waals surface area contributed by atoms with Crippen molar-refractivity contribution in [2.45, 2.75) is 13.0 Å². The number of halogens is 1. The van der Waals surface area contributed by atoms with Gasteiger partial charge in [0.2, 0.25) is 0 Å². The number of anilines is 1. The van der Waals surface area contributed by atoms with Crippen molar-refractivity contribution in [1.29, 1.82) is 0 Å². The zero-order valence-electron chi connectivity index (χ0n) is 11.0. The van der Waals surface area contributed by atoms with Crippen LogP contribution >= 0.6 is 0 Å². The topological polar surface area (TPSA) is 21.3 Å². The maximum atomic E-state index is 12.7. The molecule has 0 spiro atoms. The average molecular weight is 259 g/mol. The van der Waals surface area contributed by atoms with Crippen LogP contribution in [0.3, 0.4) is 0 Å². The first kappa shape index (κ1) is 13.6. The number of hydrogen-bond donors (Lipinski definition) is 1. The second-order valence-electron chi connectivity index (χ2n) is 4.36. The summed E-state index contributed by atoms with van der Waals surface area (Å²) in [6.45, 7) is 3.34. The maximum Gasteiger partial charge on any atom is 0.123 e. The Bertz CT molecular complexity index is 484. The van der Waals surface area contributed by atoms with Gasteiger partial charge in [-0.15, -0.1) is 0 Å². The highest BCUT2D eigenvalue weighted by atomic mass is 19.1. The fraction of sp³-hybridized carbons (Fsp3) is 0.250. The van der Waals surface area contributed by atoms with E-state index in [1.54, 1.807) is 12.1 Å². The highest BCUT2D eigenvalue weighted by Crippen LogP contribution is 2.15. The molecule has 100 valence electrons. The number of nitrogens with one attached hydrogen (secondary N) is 1. The molecule has 0 heterocycles. The van der Waals surface area contributed by atoms with Gasteiger partial charge in [-0.05, 0) is 36.8 Å². The third-order valence-electron chi connectivity index (χ3n) is 2.91. The van der Waals surface area contributed by atoms with Gasteiger partial charge in [-0.3, -0.25) is 0 Å². The van der Waals surface area contributed by atoms with Crippen LogP contribution in [0, 0.1) is 5.82 Å². The summed E-state index contributed by atoms with van der Waals surface area (Å²) in [7, 11) is 0. The second kappa shape index (κ2) is 6.90. The van der Waals surface area contributed by atoms with Crippen LogP contribution in [0.5, 0.6) is 0 Å². The molecule has 0 bridgehead atoms. The molecule has 0 fully saturated rings. The lowest BCUT2D eigenvalue weighted by Gasteiger charge is -2.14. The van der Waals surface area contributed by atoms with Gasteiger partial charge in [-0.1, -0.05) is 30.3 Å². The molecule has 0 aliphatic heterocycles. The molecule has 0 saturated carbocycles. The zero-order chi connectivity index (χ0) is 13.5. The van der Waals surface area contributed by atoms with Crippen LogP contribution in [0.15, 0.2) is 54.6 Å². The lowest BCUT2D eigenvalue weighted by Crippen LogP contribution is -2.11. The van der Waals surface area contributed by atoms with Crippen LogP contribution in [-0.4, -0.2) is 13.2 Å². The van der Waals surface area contributed by atoms with Crippen LogP contribution in [0.1, 0.15) is 18.6 Å². The first-order valence-corrected chi connectivity index (χ1v) is 6.41. The van der Waals surface area contributed by atoms with E-state index in [2.05, 4.69) is 17.4 Å². The number of rotatable bonds is 6. The summed E-state index contributed by atoms with van der Waals surface area (Å²) in [4.78, 5) is 0. The summed E-state index contributed by atoms with van der Waals surface area (Å²) < 4.78 is 18.5. The molecular weight excluding hydrogens is 241 g/mol. The SMILES string of the molecule is CC(OCCNc1ccc(F)cc1)c1ccccc1.